The van der Waals surface area contributed by atoms with Crippen molar-refractivity contribution in [3.8, 4) is 0 Å². The van der Waals surface area contributed by atoms with Crippen LogP contribution in [0.2, 0.25) is 0 Å². The lowest BCUT2D eigenvalue weighted by Gasteiger charge is -2.07. The Morgan fingerprint density at radius 1 is 1.31 bits per heavy atom. The molecule has 0 amide bonds. The highest BCUT2D eigenvalue weighted by atomic mass is 16.5. The second-order valence-corrected chi connectivity index (χ2v) is 3.47. The molecular formula is C11H20N4O. The number of nitrogens with one attached hydrogen (secondary N) is 2. The Hall–Kier alpha value is -1.36. The van der Waals surface area contributed by atoms with Crippen molar-refractivity contribution in [1.29, 1.82) is 0 Å². The fourth-order valence-electron chi connectivity index (χ4n) is 1.20. The van der Waals surface area contributed by atoms with Crippen LogP contribution < -0.4 is 10.6 Å². The van der Waals surface area contributed by atoms with Crippen LogP contribution in [0.3, 0.4) is 0 Å². The molecule has 0 fully saturated rings. The lowest BCUT2D eigenvalue weighted by atomic mass is 10.3. The molecule has 1 heterocycles. The molecule has 0 atom stereocenters. The van der Waals surface area contributed by atoms with Crippen LogP contribution in [0.4, 0.5) is 11.8 Å². The van der Waals surface area contributed by atoms with Crippen LogP contribution in [-0.2, 0) is 4.74 Å². The van der Waals surface area contributed by atoms with E-state index >= 15 is 0 Å². The van der Waals surface area contributed by atoms with Crippen LogP contribution in [0.25, 0.3) is 0 Å². The zero-order valence-electron chi connectivity index (χ0n) is 9.99. The van der Waals surface area contributed by atoms with E-state index < -0.39 is 0 Å². The summed E-state index contributed by atoms with van der Waals surface area (Å²) in [5.74, 6) is 1.50. The Kier molecular flexibility index (Phi) is 6.25. The maximum Gasteiger partial charge on any atom is 0.224 e. The third kappa shape index (κ3) is 4.93. The fraction of sp³-hybridized carbons (Fsp3) is 0.636. The molecule has 0 spiro atoms. The molecule has 0 saturated carbocycles. The molecule has 0 aromatic carbocycles. The first-order valence-electron chi connectivity index (χ1n) is 5.66. The molecule has 0 aliphatic heterocycles. The molecule has 0 aliphatic carbocycles. The second kappa shape index (κ2) is 7.87. The summed E-state index contributed by atoms with van der Waals surface area (Å²) in [6.07, 6.45) is 4.04. The number of unbranched alkanes of at least 4 members (excludes halogenated alkanes) is 1. The number of anilines is 2. The van der Waals surface area contributed by atoms with Gasteiger partial charge < -0.3 is 15.4 Å². The van der Waals surface area contributed by atoms with E-state index in [0.717, 1.165) is 25.3 Å². The Morgan fingerprint density at radius 2 is 2.19 bits per heavy atom. The quantitative estimate of drug-likeness (QED) is 0.659. The molecule has 16 heavy (non-hydrogen) atoms. The lowest BCUT2D eigenvalue weighted by Crippen LogP contribution is -2.11. The van der Waals surface area contributed by atoms with E-state index in [4.69, 9.17) is 4.74 Å². The Balaban J connectivity index is 2.37. The Bertz CT molecular complexity index is 268. The van der Waals surface area contributed by atoms with E-state index in [0.29, 0.717) is 12.6 Å². The molecule has 5 heteroatoms. The van der Waals surface area contributed by atoms with Crippen molar-refractivity contribution in [2.75, 3.05) is 37.4 Å². The summed E-state index contributed by atoms with van der Waals surface area (Å²) < 4.78 is 4.95. The maximum absolute atomic E-state index is 4.95. The summed E-state index contributed by atoms with van der Waals surface area (Å²) in [5.41, 5.74) is 0. The van der Waals surface area contributed by atoms with Gasteiger partial charge >= 0.3 is 0 Å². The van der Waals surface area contributed by atoms with Crippen molar-refractivity contribution in [2.45, 2.75) is 19.8 Å². The van der Waals surface area contributed by atoms with E-state index in [1.807, 2.05) is 6.07 Å². The van der Waals surface area contributed by atoms with Crippen LogP contribution in [0.5, 0.6) is 0 Å². The molecule has 0 unspecified atom stereocenters. The van der Waals surface area contributed by atoms with Gasteiger partial charge in [0.2, 0.25) is 5.95 Å². The maximum atomic E-state index is 4.95. The summed E-state index contributed by atoms with van der Waals surface area (Å²) in [6.45, 7) is 4.49. The van der Waals surface area contributed by atoms with E-state index in [-0.39, 0.29) is 0 Å². The monoisotopic (exact) mass is 224 g/mol. The first-order chi connectivity index (χ1) is 7.86. The first-order valence-corrected chi connectivity index (χ1v) is 5.66. The number of hydrogen-bond acceptors (Lipinski definition) is 5. The third-order valence-electron chi connectivity index (χ3n) is 2.08. The van der Waals surface area contributed by atoms with Gasteiger partial charge in [0.05, 0.1) is 6.61 Å². The van der Waals surface area contributed by atoms with Gasteiger partial charge in [-0.05, 0) is 12.5 Å². The predicted octanol–water partition coefficient (Wildman–Crippen LogP) is 1.75. The van der Waals surface area contributed by atoms with Crippen LogP contribution in [0.1, 0.15) is 19.8 Å². The molecule has 1 aromatic heterocycles. The highest BCUT2D eigenvalue weighted by Gasteiger charge is 1.97. The number of aromatic nitrogens is 2. The van der Waals surface area contributed by atoms with Gasteiger partial charge in [0.15, 0.2) is 0 Å². The van der Waals surface area contributed by atoms with Crippen molar-refractivity contribution in [1.82, 2.24) is 9.97 Å². The molecular weight excluding hydrogens is 204 g/mol. The number of nitrogens with zero attached hydrogens (tertiary/aromatic N) is 2. The number of methoxy groups -OCH3 is 1. The van der Waals surface area contributed by atoms with Gasteiger partial charge in [-0.1, -0.05) is 13.3 Å². The minimum Gasteiger partial charge on any atom is -0.383 e. The number of ether oxygens (including phenoxy) is 1. The van der Waals surface area contributed by atoms with Crippen LogP contribution in [0, 0.1) is 0 Å². The zero-order chi connectivity index (χ0) is 11.6. The van der Waals surface area contributed by atoms with Gasteiger partial charge in [-0.3, -0.25) is 0 Å². The smallest absolute Gasteiger partial charge is 0.224 e. The second-order valence-electron chi connectivity index (χ2n) is 3.47. The topological polar surface area (TPSA) is 59.1 Å². The van der Waals surface area contributed by atoms with Crippen molar-refractivity contribution in [3.05, 3.63) is 12.3 Å². The van der Waals surface area contributed by atoms with Gasteiger partial charge in [0.1, 0.15) is 5.82 Å². The summed E-state index contributed by atoms with van der Waals surface area (Å²) in [5, 5.41) is 6.34. The molecule has 0 saturated heterocycles. The predicted molar refractivity (Wildman–Crippen MR) is 65.8 cm³/mol. The summed E-state index contributed by atoms with van der Waals surface area (Å²) in [6, 6.07) is 1.85. The zero-order valence-corrected chi connectivity index (χ0v) is 9.99. The Labute approximate surface area is 96.6 Å². The lowest BCUT2D eigenvalue weighted by molar-refractivity contribution is 0.210. The summed E-state index contributed by atoms with van der Waals surface area (Å²) in [7, 11) is 1.68. The van der Waals surface area contributed by atoms with E-state index in [9.17, 15) is 0 Å². The molecule has 5 nitrogen and oxygen atoms in total. The van der Waals surface area contributed by atoms with Gasteiger partial charge in [0, 0.05) is 26.4 Å². The SMILES string of the molecule is CCCCNc1nccc(NCCOC)n1. The van der Waals surface area contributed by atoms with Gasteiger partial charge in [-0.15, -0.1) is 0 Å². The fourth-order valence-corrected chi connectivity index (χ4v) is 1.20. The summed E-state index contributed by atoms with van der Waals surface area (Å²) >= 11 is 0. The molecule has 1 aromatic rings. The van der Waals surface area contributed by atoms with Crippen LogP contribution in [0.15, 0.2) is 12.3 Å². The molecule has 0 bridgehead atoms. The van der Waals surface area contributed by atoms with Gasteiger partial charge in [-0.2, -0.15) is 4.98 Å². The van der Waals surface area contributed by atoms with Gasteiger partial charge in [0.25, 0.3) is 0 Å². The number of rotatable bonds is 8. The van der Waals surface area contributed by atoms with Crippen molar-refractivity contribution in [2.24, 2.45) is 0 Å². The normalized spacial score (nSPS) is 10.1. The van der Waals surface area contributed by atoms with Crippen molar-refractivity contribution >= 4 is 11.8 Å². The van der Waals surface area contributed by atoms with E-state index in [2.05, 4.69) is 27.5 Å². The van der Waals surface area contributed by atoms with Gasteiger partial charge in [-0.25, -0.2) is 4.98 Å². The molecule has 2 N–H and O–H groups in total. The standard InChI is InChI=1S/C11H20N4O/c1-3-4-6-13-11-14-7-5-10(15-11)12-8-9-16-2/h5,7H,3-4,6,8-9H2,1-2H3,(H2,12,13,14,15). The molecule has 90 valence electrons. The highest BCUT2D eigenvalue weighted by Crippen LogP contribution is 2.05. The average molecular weight is 224 g/mol. The van der Waals surface area contributed by atoms with E-state index in [1.54, 1.807) is 13.3 Å². The highest BCUT2D eigenvalue weighted by molar-refractivity contribution is 5.39. The number of hydrogen-bond donors (Lipinski definition) is 2. The van der Waals surface area contributed by atoms with Crippen molar-refractivity contribution < 1.29 is 4.74 Å². The summed E-state index contributed by atoms with van der Waals surface area (Å²) in [4.78, 5) is 8.47. The first kappa shape index (κ1) is 12.7. The third-order valence-corrected chi connectivity index (χ3v) is 2.08. The van der Waals surface area contributed by atoms with Crippen molar-refractivity contribution in [3.63, 3.8) is 0 Å². The van der Waals surface area contributed by atoms with E-state index in [1.165, 1.54) is 6.42 Å². The largest absolute Gasteiger partial charge is 0.383 e. The minimum atomic E-state index is 0.669. The molecule has 0 aliphatic rings. The molecule has 0 radical (unpaired) electrons. The van der Waals surface area contributed by atoms with Crippen LogP contribution in [-0.4, -0.2) is 36.8 Å². The molecule has 1 rings (SSSR count). The average Bonchev–Trinajstić information content (AvgIpc) is 2.30. The minimum absolute atomic E-state index is 0.669. The van der Waals surface area contributed by atoms with Crippen LogP contribution >= 0.6 is 0 Å². The Morgan fingerprint density at radius 3 is 2.94 bits per heavy atom.